The van der Waals surface area contributed by atoms with Gasteiger partial charge in [0, 0.05) is 22.6 Å². The third-order valence-electron chi connectivity index (χ3n) is 2.77. The smallest absolute Gasteiger partial charge is 0.175 e. The van der Waals surface area contributed by atoms with Gasteiger partial charge < -0.3 is 0 Å². The maximum atomic E-state index is 11.4. The maximum absolute atomic E-state index is 11.4. The van der Waals surface area contributed by atoms with Gasteiger partial charge in [-0.05, 0) is 12.1 Å². The summed E-state index contributed by atoms with van der Waals surface area (Å²) in [4.78, 5) is 9.12. The van der Waals surface area contributed by atoms with Crippen molar-refractivity contribution in [1.29, 1.82) is 0 Å². The lowest BCUT2D eigenvalue weighted by atomic mass is 10.1. The Hall–Kier alpha value is -1.79. The molecule has 0 radical (unpaired) electrons. The lowest BCUT2D eigenvalue weighted by Crippen LogP contribution is -1.96. The van der Waals surface area contributed by atoms with Crippen LogP contribution >= 0.6 is 11.3 Å². The summed E-state index contributed by atoms with van der Waals surface area (Å²) in [5.74, 6) is 0. The fraction of sp³-hybridized carbons (Fsp3) is 0.0769. The SMILES string of the molecule is CS(=O)(=O)c1ccc(-c2cnc3cscc3n2)cc1. The van der Waals surface area contributed by atoms with Gasteiger partial charge in [0.15, 0.2) is 9.84 Å². The number of benzene rings is 1. The molecule has 0 aliphatic rings. The molecular formula is C13H10N2O2S2. The van der Waals surface area contributed by atoms with Gasteiger partial charge in [-0.3, -0.25) is 4.98 Å². The fourth-order valence-electron chi connectivity index (χ4n) is 1.77. The lowest BCUT2D eigenvalue weighted by molar-refractivity contribution is 0.602. The molecule has 96 valence electrons. The highest BCUT2D eigenvalue weighted by molar-refractivity contribution is 7.90. The Morgan fingerprint density at radius 1 is 1.05 bits per heavy atom. The van der Waals surface area contributed by atoms with Crippen molar-refractivity contribution in [1.82, 2.24) is 9.97 Å². The molecule has 0 atom stereocenters. The topological polar surface area (TPSA) is 59.9 Å². The zero-order valence-corrected chi connectivity index (χ0v) is 11.7. The van der Waals surface area contributed by atoms with Crippen molar-refractivity contribution in [3.63, 3.8) is 0 Å². The molecule has 0 aliphatic carbocycles. The summed E-state index contributed by atoms with van der Waals surface area (Å²) in [5.41, 5.74) is 3.33. The highest BCUT2D eigenvalue weighted by atomic mass is 32.2. The van der Waals surface area contributed by atoms with E-state index < -0.39 is 9.84 Å². The average Bonchev–Trinajstić information content (AvgIpc) is 2.85. The number of hydrogen-bond donors (Lipinski definition) is 0. The van der Waals surface area contributed by atoms with Crippen molar-refractivity contribution in [2.75, 3.05) is 6.26 Å². The Bertz CT molecular complexity index is 836. The molecule has 4 nitrogen and oxygen atoms in total. The van der Waals surface area contributed by atoms with Gasteiger partial charge in [0.1, 0.15) is 5.52 Å². The van der Waals surface area contributed by atoms with Crippen LogP contribution in [0.25, 0.3) is 22.3 Å². The maximum Gasteiger partial charge on any atom is 0.175 e. The monoisotopic (exact) mass is 290 g/mol. The molecule has 2 aromatic heterocycles. The minimum atomic E-state index is -3.16. The first kappa shape index (κ1) is 12.3. The normalized spacial score (nSPS) is 11.8. The molecule has 3 aromatic rings. The van der Waals surface area contributed by atoms with Gasteiger partial charge in [0.25, 0.3) is 0 Å². The molecule has 0 saturated heterocycles. The zero-order valence-electron chi connectivity index (χ0n) is 10.1. The largest absolute Gasteiger partial charge is 0.251 e. The van der Waals surface area contributed by atoms with Gasteiger partial charge in [-0.2, -0.15) is 0 Å². The Balaban J connectivity index is 2.06. The van der Waals surface area contributed by atoms with Crippen molar-refractivity contribution < 1.29 is 8.42 Å². The van der Waals surface area contributed by atoms with Crippen molar-refractivity contribution >= 4 is 32.2 Å². The van der Waals surface area contributed by atoms with Crippen molar-refractivity contribution in [2.24, 2.45) is 0 Å². The van der Waals surface area contributed by atoms with Crippen molar-refractivity contribution in [3.8, 4) is 11.3 Å². The number of nitrogens with zero attached hydrogens (tertiary/aromatic N) is 2. The summed E-state index contributed by atoms with van der Waals surface area (Å²) < 4.78 is 22.8. The van der Waals surface area contributed by atoms with Crippen molar-refractivity contribution in [2.45, 2.75) is 4.90 Å². The molecule has 0 unspecified atom stereocenters. The second-order valence-corrected chi connectivity index (χ2v) is 6.95. The molecule has 0 saturated carbocycles. The van der Waals surface area contributed by atoms with E-state index in [9.17, 15) is 8.42 Å². The molecule has 6 heteroatoms. The molecular weight excluding hydrogens is 280 g/mol. The number of hydrogen-bond acceptors (Lipinski definition) is 5. The Labute approximate surface area is 114 Å². The van der Waals surface area contributed by atoms with Crippen LogP contribution in [0.4, 0.5) is 0 Å². The van der Waals surface area contributed by atoms with E-state index >= 15 is 0 Å². The summed E-state index contributed by atoms with van der Waals surface area (Å²) in [5, 5.41) is 3.88. The second-order valence-electron chi connectivity index (χ2n) is 4.19. The standard InChI is InChI=1S/C13H10N2O2S2/c1-19(16,17)10-4-2-9(3-5-10)11-6-14-12-7-18-8-13(12)15-11/h2-8H,1H3. The first-order chi connectivity index (χ1) is 9.04. The van der Waals surface area contributed by atoms with Crippen LogP contribution in [0.15, 0.2) is 46.1 Å². The van der Waals surface area contributed by atoms with Gasteiger partial charge in [-0.1, -0.05) is 12.1 Å². The minimum Gasteiger partial charge on any atom is -0.251 e. The molecule has 3 rings (SSSR count). The van der Waals surface area contributed by atoms with Crippen LogP contribution < -0.4 is 0 Å². The van der Waals surface area contributed by atoms with Gasteiger partial charge in [-0.15, -0.1) is 11.3 Å². The van der Waals surface area contributed by atoms with E-state index in [-0.39, 0.29) is 0 Å². The molecule has 1 aromatic carbocycles. The third kappa shape index (κ3) is 2.36. The first-order valence-corrected chi connectivity index (χ1v) is 8.37. The first-order valence-electron chi connectivity index (χ1n) is 5.53. The second kappa shape index (κ2) is 4.40. The van der Waals surface area contributed by atoms with E-state index in [1.54, 1.807) is 41.8 Å². The summed E-state index contributed by atoms with van der Waals surface area (Å²) in [6.07, 6.45) is 2.89. The summed E-state index contributed by atoms with van der Waals surface area (Å²) >= 11 is 1.56. The minimum absolute atomic E-state index is 0.306. The average molecular weight is 290 g/mol. The predicted octanol–water partition coefficient (Wildman–Crippen LogP) is 2.76. The van der Waals surface area contributed by atoms with E-state index in [0.717, 1.165) is 22.3 Å². The number of rotatable bonds is 2. The number of sulfone groups is 1. The molecule has 2 heterocycles. The molecule has 0 N–H and O–H groups in total. The third-order valence-corrected chi connectivity index (χ3v) is 4.61. The molecule has 0 spiro atoms. The number of thiophene rings is 1. The predicted molar refractivity (Wildman–Crippen MR) is 76.0 cm³/mol. The van der Waals surface area contributed by atoms with Gasteiger partial charge >= 0.3 is 0 Å². The molecule has 19 heavy (non-hydrogen) atoms. The van der Waals surface area contributed by atoms with Crippen LogP contribution in [0.1, 0.15) is 0 Å². The van der Waals surface area contributed by atoms with Crippen LogP contribution in [0.3, 0.4) is 0 Å². The molecule has 0 bridgehead atoms. The van der Waals surface area contributed by atoms with Crippen molar-refractivity contribution in [3.05, 3.63) is 41.2 Å². The highest BCUT2D eigenvalue weighted by Crippen LogP contribution is 2.22. The van der Waals surface area contributed by atoms with Gasteiger partial charge in [0.05, 0.1) is 22.3 Å². The lowest BCUT2D eigenvalue weighted by Gasteiger charge is -2.02. The van der Waals surface area contributed by atoms with E-state index in [1.165, 1.54) is 6.26 Å². The van der Waals surface area contributed by atoms with Crippen LogP contribution in [0, 0.1) is 0 Å². The quantitative estimate of drug-likeness (QED) is 0.728. The van der Waals surface area contributed by atoms with E-state index in [1.807, 2.05) is 10.8 Å². The van der Waals surface area contributed by atoms with E-state index in [2.05, 4.69) is 9.97 Å². The van der Waals surface area contributed by atoms with E-state index in [0.29, 0.717) is 4.90 Å². The molecule has 0 amide bonds. The summed E-state index contributed by atoms with van der Waals surface area (Å²) in [6.45, 7) is 0. The fourth-order valence-corrected chi connectivity index (χ4v) is 3.08. The summed E-state index contributed by atoms with van der Waals surface area (Å²) in [6, 6.07) is 6.67. The number of fused-ring (bicyclic) bond motifs is 1. The van der Waals surface area contributed by atoms with Gasteiger partial charge in [-0.25, -0.2) is 13.4 Å². The van der Waals surface area contributed by atoms with Gasteiger partial charge in [0.2, 0.25) is 0 Å². The number of aromatic nitrogens is 2. The van der Waals surface area contributed by atoms with Crippen LogP contribution in [-0.2, 0) is 9.84 Å². The Kier molecular flexibility index (Phi) is 2.83. The Morgan fingerprint density at radius 3 is 2.42 bits per heavy atom. The summed E-state index contributed by atoms with van der Waals surface area (Å²) in [7, 11) is -3.16. The molecule has 0 aliphatic heterocycles. The Morgan fingerprint density at radius 2 is 1.74 bits per heavy atom. The highest BCUT2D eigenvalue weighted by Gasteiger charge is 2.08. The van der Waals surface area contributed by atoms with Crippen LogP contribution in [0.2, 0.25) is 0 Å². The zero-order chi connectivity index (χ0) is 13.5. The van der Waals surface area contributed by atoms with Crippen LogP contribution in [-0.4, -0.2) is 24.6 Å². The van der Waals surface area contributed by atoms with Crippen LogP contribution in [0.5, 0.6) is 0 Å². The molecule has 0 fully saturated rings. The van der Waals surface area contributed by atoms with E-state index in [4.69, 9.17) is 0 Å².